The summed E-state index contributed by atoms with van der Waals surface area (Å²) in [6, 6.07) is 14.4. The van der Waals surface area contributed by atoms with Crippen LogP contribution in [-0.2, 0) is 7.05 Å². The van der Waals surface area contributed by atoms with Crippen LogP contribution < -0.4 is 0 Å². The number of aromatic hydroxyl groups is 1. The van der Waals surface area contributed by atoms with Crippen LogP contribution in [0.25, 0.3) is 16.5 Å². The molecular weight excluding hydrogens is 253 g/mol. The van der Waals surface area contributed by atoms with Gasteiger partial charge < -0.3 is 9.67 Å². The predicted octanol–water partition coefficient (Wildman–Crippen LogP) is 4.08. The minimum Gasteiger partial charge on any atom is -0.504 e. The van der Waals surface area contributed by atoms with Crippen LogP contribution in [0.5, 0.6) is 5.75 Å². The molecule has 20 heavy (non-hydrogen) atoms. The summed E-state index contributed by atoms with van der Waals surface area (Å²) < 4.78 is 15.5. The lowest BCUT2D eigenvalue weighted by molar-refractivity contribution is 0.431. The lowest BCUT2D eigenvalue weighted by Gasteiger charge is -2.10. The molecule has 1 heterocycles. The molecule has 0 bridgehead atoms. The zero-order chi connectivity index (χ0) is 14.3. The number of aryl methyl sites for hydroxylation is 1. The van der Waals surface area contributed by atoms with Crippen molar-refractivity contribution in [3.05, 3.63) is 72.2 Å². The molecule has 0 atom stereocenters. The molecule has 100 valence electrons. The van der Waals surface area contributed by atoms with E-state index in [1.165, 1.54) is 6.07 Å². The Morgan fingerprint density at radius 1 is 1.15 bits per heavy atom. The zero-order valence-corrected chi connectivity index (χ0v) is 11.1. The van der Waals surface area contributed by atoms with E-state index in [2.05, 4.69) is 6.58 Å². The Hall–Kier alpha value is -2.55. The van der Waals surface area contributed by atoms with Crippen molar-refractivity contribution < 1.29 is 9.50 Å². The average Bonchev–Trinajstić information content (AvgIpc) is 2.79. The van der Waals surface area contributed by atoms with Crippen LogP contribution in [0, 0.1) is 5.82 Å². The first-order valence-corrected chi connectivity index (χ1v) is 6.31. The summed E-state index contributed by atoms with van der Waals surface area (Å²) in [5.74, 6) is -0.995. The van der Waals surface area contributed by atoms with Crippen molar-refractivity contribution in [3.63, 3.8) is 0 Å². The standard InChI is InChI=1S/C17H14FNO/c1-11(13-7-5-8-14(18)17(13)20)16-10-12-6-3-4-9-15(12)19(16)2/h3-10,20H,1H2,2H3. The molecule has 0 amide bonds. The van der Waals surface area contributed by atoms with E-state index < -0.39 is 5.82 Å². The molecule has 0 unspecified atom stereocenters. The highest BCUT2D eigenvalue weighted by Crippen LogP contribution is 2.33. The number of hydrogen-bond acceptors (Lipinski definition) is 1. The Bertz CT molecular complexity index is 817. The van der Waals surface area contributed by atoms with E-state index in [0.717, 1.165) is 16.6 Å². The smallest absolute Gasteiger partial charge is 0.165 e. The maximum Gasteiger partial charge on any atom is 0.165 e. The molecule has 0 saturated carbocycles. The van der Waals surface area contributed by atoms with E-state index >= 15 is 0 Å². The summed E-state index contributed by atoms with van der Waals surface area (Å²) in [4.78, 5) is 0. The molecule has 3 rings (SSSR count). The number of phenolic OH excluding ortho intramolecular Hbond substituents is 1. The van der Waals surface area contributed by atoms with Gasteiger partial charge in [-0.3, -0.25) is 0 Å². The Balaban J connectivity index is 2.18. The van der Waals surface area contributed by atoms with E-state index in [1.54, 1.807) is 12.1 Å². The Labute approximate surface area is 116 Å². The summed E-state index contributed by atoms with van der Waals surface area (Å²) in [7, 11) is 1.93. The molecule has 0 aliphatic carbocycles. The third-order valence-corrected chi connectivity index (χ3v) is 3.57. The van der Waals surface area contributed by atoms with Crippen LogP contribution in [0.15, 0.2) is 55.1 Å². The lowest BCUT2D eigenvalue weighted by Crippen LogP contribution is -1.97. The number of rotatable bonds is 2. The van der Waals surface area contributed by atoms with Crippen LogP contribution in [0.2, 0.25) is 0 Å². The van der Waals surface area contributed by atoms with Gasteiger partial charge in [-0.15, -0.1) is 0 Å². The summed E-state index contributed by atoms with van der Waals surface area (Å²) >= 11 is 0. The minimum absolute atomic E-state index is 0.359. The van der Waals surface area contributed by atoms with Gasteiger partial charge in [0.05, 0.1) is 0 Å². The predicted molar refractivity (Wildman–Crippen MR) is 79.1 cm³/mol. The van der Waals surface area contributed by atoms with Gasteiger partial charge in [0.15, 0.2) is 11.6 Å². The van der Waals surface area contributed by atoms with Gasteiger partial charge in [-0.2, -0.15) is 0 Å². The van der Waals surface area contributed by atoms with Gasteiger partial charge in [0.25, 0.3) is 0 Å². The number of phenols is 1. The Morgan fingerprint density at radius 2 is 1.90 bits per heavy atom. The summed E-state index contributed by atoms with van der Waals surface area (Å²) in [5, 5.41) is 10.9. The van der Waals surface area contributed by atoms with Gasteiger partial charge in [0.2, 0.25) is 0 Å². The maximum atomic E-state index is 13.5. The van der Waals surface area contributed by atoms with Crippen molar-refractivity contribution >= 4 is 16.5 Å². The number of halogens is 1. The number of nitrogens with zero attached hydrogens (tertiary/aromatic N) is 1. The highest BCUT2D eigenvalue weighted by Gasteiger charge is 2.14. The van der Waals surface area contributed by atoms with Crippen molar-refractivity contribution in [2.45, 2.75) is 0 Å². The molecule has 3 aromatic rings. The fourth-order valence-electron chi connectivity index (χ4n) is 2.48. The SMILES string of the molecule is C=C(c1cccc(F)c1O)c1cc2ccccc2n1C. The first-order valence-electron chi connectivity index (χ1n) is 6.31. The average molecular weight is 267 g/mol. The second-order valence-corrected chi connectivity index (χ2v) is 4.76. The summed E-state index contributed by atoms with van der Waals surface area (Å²) in [5.41, 5.74) is 2.93. The van der Waals surface area contributed by atoms with Gasteiger partial charge in [-0.05, 0) is 18.2 Å². The van der Waals surface area contributed by atoms with Crippen molar-refractivity contribution in [2.75, 3.05) is 0 Å². The second kappa shape index (κ2) is 4.53. The zero-order valence-electron chi connectivity index (χ0n) is 11.1. The number of para-hydroxylation sites is 2. The molecule has 0 radical (unpaired) electrons. The molecule has 1 aromatic heterocycles. The van der Waals surface area contributed by atoms with Gasteiger partial charge in [-0.25, -0.2) is 4.39 Å². The fourth-order valence-corrected chi connectivity index (χ4v) is 2.48. The van der Waals surface area contributed by atoms with Crippen LogP contribution in [0.3, 0.4) is 0 Å². The van der Waals surface area contributed by atoms with Gasteiger partial charge in [0.1, 0.15) is 0 Å². The van der Waals surface area contributed by atoms with Crippen LogP contribution >= 0.6 is 0 Å². The van der Waals surface area contributed by atoms with E-state index in [1.807, 2.05) is 41.9 Å². The van der Waals surface area contributed by atoms with E-state index in [9.17, 15) is 9.50 Å². The van der Waals surface area contributed by atoms with Crippen LogP contribution in [0.4, 0.5) is 4.39 Å². The maximum absolute atomic E-state index is 13.5. The highest BCUT2D eigenvalue weighted by atomic mass is 19.1. The second-order valence-electron chi connectivity index (χ2n) is 4.76. The first kappa shape index (κ1) is 12.5. The highest BCUT2D eigenvalue weighted by molar-refractivity contribution is 5.89. The van der Waals surface area contributed by atoms with E-state index in [-0.39, 0.29) is 5.75 Å². The first-order chi connectivity index (χ1) is 9.59. The normalized spacial score (nSPS) is 10.9. The van der Waals surface area contributed by atoms with Crippen molar-refractivity contribution in [2.24, 2.45) is 7.05 Å². The van der Waals surface area contributed by atoms with Gasteiger partial charge in [0, 0.05) is 34.8 Å². The Morgan fingerprint density at radius 3 is 2.65 bits per heavy atom. The molecular formula is C17H14FNO. The summed E-state index contributed by atoms with van der Waals surface area (Å²) in [6.07, 6.45) is 0. The largest absolute Gasteiger partial charge is 0.504 e. The topological polar surface area (TPSA) is 25.2 Å². The summed E-state index contributed by atoms with van der Waals surface area (Å²) in [6.45, 7) is 4.01. The lowest BCUT2D eigenvalue weighted by atomic mass is 10.0. The quantitative estimate of drug-likeness (QED) is 0.743. The third kappa shape index (κ3) is 1.79. The van der Waals surface area contributed by atoms with Gasteiger partial charge >= 0.3 is 0 Å². The fraction of sp³-hybridized carbons (Fsp3) is 0.0588. The minimum atomic E-state index is -0.637. The van der Waals surface area contributed by atoms with Crippen molar-refractivity contribution in [3.8, 4) is 5.75 Å². The molecule has 0 spiro atoms. The van der Waals surface area contributed by atoms with Crippen LogP contribution in [0.1, 0.15) is 11.3 Å². The molecule has 0 fully saturated rings. The monoisotopic (exact) mass is 267 g/mol. The molecule has 3 heteroatoms. The number of aromatic nitrogens is 1. The number of benzene rings is 2. The molecule has 2 aromatic carbocycles. The van der Waals surface area contributed by atoms with Crippen molar-refractivity contribution in [1.29, 1.82) is 0 Å². The molecule has 1 N–H and O–H groups in total. The van der Waals surface area contributed by atoms with E-state index in [4.69, 9.17) is 0 Å². The number of fused-ring (bicyclic) bond motifs is 1. The number of hydrogen-bond donors (Lipinski definition) is 1. The molecule has 0 aliphatic rings. The third-order valence-electron chi connectivity index (χ3n) is 3.57. The van der Waals surface area contributed by atoms with Crippen LogP contribution in [-0.4, -0.2) is 9.67 Å². The van der Waals surface area contributed by atoms with E-state index in [0.29, 0.717) is 11.1 Å². The molecule has 0 aliphatic heterocycles. The van der Waals surface area contributed by atoms with Gasteiger partial charge in [-0.1, -0.05) is 36.9 Å². The Kier molecular flexibility index (Phi) is 2.83. The van der Waals surface area contributed by atoms with Crippen molar-refractivity contribution in [1.82, 2.24) is 4.57 Å². The molecule has 2 nitrogen and oxygen atoms in total. The molecule has 0 saturated heterocycles.